The Balaban J connectivity index is 1.01. The molecule has 0 saturated heterocycles. The summed E-state index contributed by atoms with van der Waals surface area (Å²) >= 11 is 0. The molecule has 36 heavy (non-hydrogen) atoms. The van der Waals surface area contributed by atoms with Crippen LogP contribution in [0.25, 0.3) is 22.8 Å². The Labute approximate surface area is 212 Å². The molecule has 0 aliphatic heterocycles. The minimum absolute atomic E-state index is 0.193. The summed E-state index contributed by atoms with van der Waals surface area (Å²) < 4.78 is 4.45. The van der Waals surface area contributed by atoms with Crippen molar-refractivity contribution in [3.05, 3.63) is 30.6 Å². The van der Waals surface area contributed by atoms with E-state index in [1.54, 1.807) is 0 Å². The third-order valence-corrected chi connectivity index (χ3v) is 11.2. The fourth-order valence-electron chi connectivity index (χ4n) is 10.6. The SMILES string of the molecule is c1cc(-c2cn(C34CC5CC(CC(C5)C3)C4)nn2)nc(-c2cn(C34CC5CC(CC(C5)C3)C4)nn2)c1. The van der Waals surface area contributed by atoms with Crippen molar-refractivity contribution in [2.45, 2.75) is 88.1 Å². The van der Waals surface area contributed by atoms with Gasteiger partial charge in [-0.25, -0.2) is 14.3 Å². The van der Waals surface area contributed by atoms with Crippen LogP contribution in [0.3, 0.4) is 0 Å². The average Bonchev–Trinajstić information content (AvgIpc) is 3.54. The zero-order valence-corrected chi connectivity index (χ0v) is 21.0. The fourth-order valence-corrected chi connectivity index (χ4v) is 10.6. The van der Waals surface area contributed by atoms with Gasteiger partial charge in [-0.1, -0.05) is 16.5 Å². The van der Waals surface area contributed by atoms with Crippen molar-refractivity contribution in [1.82, 2.24) is 35.0 Å². The molecule has 186 valence electrons. The summed E-state index contributed by atoms with van der Waals surface area (Å²) in [4.78, 5) is 5.00. The van der Waals surface area contributed by atoms with Crippen LogP contribution < -0.4 is 0 Å². The Bertz CT molecular complexity index is 1170. The van der Waals surface area contributed by atoms with Gasteiger partial charge in [-0.05, 0) is 125 Å². The molecule has 8 bridgehead atoms. The van der Waals surface area contributed by atoms with Gasteiger partial charge in [0.2, 0.25) is 0 Å². The molecule has 8 aliphatic rings. The topological polar surface area (TPSA) is 74.3 Å². The Morgan fingerprint density at radius 2 is 0.889 bits per heavy atom. The maximum absolute atomic E-state index is 5.00. The summed E-state index contributed by atoms with van der Waals surface area (Å²) in [6, 6.07) is 6.19. The zero-order chi connectivity index (χ0) is 23.5. The monoisotopic (exact) mass is 481 g/mol. The smallest absolute Gasteiger partial charge is 0.131 e. The molecule has 3 aromatic rings. The van der Waals surface area contributed by atoms with Gasteiger partial charge in [0.1, 0.15) is 11.4 Å². The normalized spacial score (nSPS) is 41.9. The van der Waals surface area contributed by atoms with Crippen molar-refractivity contribution in [1.29, 1.82) is 0 Å². The van der Waals surface area contributed by atoms with Crippen molar-refractivity contribution in [2.75, 3.05) is 0 Å². The van der Waals surface area contributed by atoms with E-state index in [0.717, 1.165) is 58.3 Å². The van der Waals surface area contributed by atoms with Crippen LogP contribution in [0.5, 0.6) is 0 Å². The first-order chi connectivity index (χ1) is 17.6. The molecule has 8 aliphatic carbocycles. The van der Waals surface area contributed by atoms with E-state index in [1.165, 1.54) is 77.0 Å². The highest BCUT2D eigenvalue weighted by Gasteiger charge is 2.53. The lowest BCUT2D eigenvalue weighted by Gasteiger charge is -2.56. The molecule has 0 N–H and O–H groups in total. The molecule has 8 saturated carbocycles. The molecule has 0 radical (unpaired) electrons. The number of hydrogen-bond acceptors (Lipinski definition) is 5. The van der Waals surface area contributed by atoms with E-state index in [0.29, 0.717) is 0 Å². The minimum Gasteiger partial charge on any atom is -0.246 e. The molecular weight excluding hydrogens is 446 g/mol. The first kappa shape index (κ1) is 20.5. The summed E-state index contributed by atoms with van der Waals surface area (Å²) in [5, 5.41) is 18.6. The molecule has 7 nitrogen and oxygen atoms in total. The molecule has 8 fully saturated rings. The third kappa shape index (κ3) is 2.94. The van der Waals surface area contributed by atoms with Crippen LogP contribution in [0.15, 0.2) is 30.6 Å². The van der Waals surface area contributed by atoms with Crippen molar-refractivity contribution < 1.29 is 0 Å². The molecule has 3 aromatic heterocycles. The van der Waals surface area contributed by atoms with Gasteiger partial charge >= 0.3 is 0 Å². The zero-order valence-electron chi connectivity index (χ0n) is 21.0. The molecule has 0 atom stereocenters. The van der Waals surface area contributed by atoms with E-state index < -0.39 is 0 Å². The van der Waals surface area contributed by atoms with Gasteiger partial charge in [0.25, 0.3) is 0 Å². The summed E-state index contributed by atoms with van der Waals surface area (Å²) in [5.74, 6) is 5.34. The van der Waals surface area contributed by atoms with Gasteiger partial charge in [-0.2, -0.15) is 0 Å². The highest BCUT2D eigenvalue weighted by molar-refractivity contribution is 5.60. The molecular formula is C29H35N7. The molecule has 0 aromatic carbocycles. The van der Waals surface area contributed by atoms with Crippen molar-refractivity contribution in [3.63, 3.8) is 0 Å². The Morgan fingerprint density at radius 3 is 1.25 bits per heavy atom. The minimum atomic E-state index is 0.193. The quantitative estimate of drug-likeness (QED) is 0.495. The molecule has 11 rings (SSSR count). The van der Waals surface area contributed by atoms with Crippen molar-refractivity contribution in [2.24, 2.45) is 35.5 Å². The Kier molecular flexibility index (Phi) is 4.01. The van der Waals surface area contributed by atoms with Crippen molar-refractivity contribution in [3.8, 4) is 22.8 Å². The van der Waals surface area contributed by atoms with Gasteiger partial charge in [0.15, 0.2) is 0 Å². The average molecular weight is 482 g/mol. The Morgan fingerprint density at radius 1 is 0.528 bits per heavy atom. The second kappa shape index (κ2) is 7.05. The summed E-state index contributed by atoms with van der Waals surface area (Å²) in [7, 11) is 0. The van der Waals surface area contributed by atoms with E-state index in [-0.39, 0.29) is 11.1 Å². The van der Waals surface area contributed by atoms with Crippen LogP contribution in [-0.2, 0) is 11.1 Å². The van der Waals surface area contributed by atoms with E-state index >= 15 is 0 Å². The van der Waals surface area contributed by atoms with Crippen LogP contribution in [-0.4, -0.2) is 35.0 Å². The lowest BCUT2D eigenvalue weighted by molar-refractivity contribution is -0.0503. The van der Waals surface area contributed by atoms with Crippen LogP contribution in [0.1, 0.15) is 77.0 Å². The lowest BCUT2D eigenvalue weighted by atomic mass is 9.53. The molecule has 0 unspecified atom stereocenters. The molecule has 0 spiro atoms. The summed E-state index contributed by atoms with van der Waals surface area (Å²) in [6.45, 7) is 0. The first-order valence-corrected chi connectivity index (χ1v) is 14.4. The van der Waals surface area contributed by atoms with E-state index in [1.807, 2.05) is 0 Å². The number of hydrogen-bond donors (Lipinski definition) is 0. The second-order valence-electron chi connectivity index (χ2n) is 13.8. The van der Waals surface area contributed by atoms with Crippen LogP contribution >= 0.6 is 0 Å². The van der Waals surface area contributed by atoms with E-state index in [9.17, 15) is 0 Å². The number of rotatable bonds is 4. The first-order valence-electron chi connectivity index (χ1n) is 14.4. The van der Waals surface area contributed by atoms with Gasteiger partial charge in [0.05, 0.1) is 34.9 Å². The van der Waals surface area contributed by atoms with Gasteiger partial charge in [0, 0.05) is 0 Å². The van der Waals surface area contributed by atoms with Gasteiger partial charge in [-0.3, -0.25) is 0 Å². The largest absolute Gasteiger partial charge is 0.246 e. The second-order valence-corrected chi connectivity index (χ2v) is 13.8. The highest BCUT2D eigenvalue weighted by Crippen LogP contribution is 2.59. The maximum atomic E-state index is 5.00. The summed E-state index contributed by atoms with van der Waals surface area (Å²) in [5.41, 5.74) is 3.90. The molecule has 7 heteroatoms. The number of aromatic nitrogens is 7. The van der Waals surface area contributed by atoms with Crippen LogP contribution in [0.4, 0.5) is 0 Å². The predicted molar refractivity (Wildman–Crippen MR) is 135 cm³/mol. The lowest BCUT2D eigenvalue weighted by Crippen LogP contribution is -2.52. The Hall–Kier alpha value is -2.57. The standard InChI is InChI=1S/C29H35N7/c1-2-24(26-16-35(33-31-26)28-10-18-4-19(11-28)6-20(5-18)12-28)30-25(3-1)27-17-36(34-32-27)29-13-21-7-22(14-29)9-23(8-21)15-29/h1-3,16-23H,4-15H2. The third-order valence-electron chi connectivity index (χ3n) is 11.2. The highest BCUT2D eigenvalue weighted by atomic mass is 15.5. The maximum Gasteiger partial charge on any atom is 0.131 e. The summed E-state index contributed by atoms with van der Waals surface area (Å²) in [6.07, 6.45) is 20.7. The van der Waals surface area contributed by atoms with Crippen LogP contribution in [0.2, 0.25) is 0 Å². The van der Waals surface area contributed by atoms with E-state index in [2.05, 4.69) is 60.6 Å². The van der Waals surface area contributed by atoms with Crippen LogP contribution in [0, 0.1) is 35.5 Å². The predicted octanol–water partition coefficient (Wildman–Crippen LogP) is 5.45. The van der Waals surface area contributed by atoms with Gasteiger partial charge in [-0.15, -0.1) is 10.2 Å². The van der Waals surface area contributed by atoms with E-state index in [4.69, 9.17) is 4.98 Å². The fraction of sp³-hybridized carbons (Fsp3) is 0.690. The van der Waals surface area contributed by atoms with Crippen molar-refractivity contribution >= 4 is 0 Å². The number of pyridine rings is 1. The van der Waals surface area contributed by atoms with Gasteiger partial charge < -0.3 is 0 Å². The number of nitrogens with zero attached hydrogens (tertiary/aromatic N) is 7. The molecule has 0 amide bonds. The molecule has 3 heterocycles.